The van der Waals surface area contributed by atoms with E-state index in [9.17, 15) is 14.9 Å². The van der Waals surface area contributed by atoms with Crippen LogP contribution in [0.1, 0.15) is 44.7 Å². The Morgan fingerprint density at radius 2 is 1.82 bits per heavy atom. The summed E-state index contributed by atoms with van der Waals surface area (Å²) in [5.41, 5.74) is 2.24. The van der Waals surface area contributed by atoms with Crippen molar-refractivity contribution in [3.8, 4) is 17.6 Å². The molecule has 1 aliphatic rings. The minimum Gasteiger partial charge on any atom is -0.490 e. The van der Waals surface area contributed by atoms with Gasteiger partial charge in [0.15, 0.2) is 11.5 Å². The zero-order valence-electron chi connectivity index (χ0n) is 19.6. The molecule has 0 aliphatic carbocycles. The number of hydrogen-bond acceptors (Lipinski definition) is 5. The molecule has 0 atom stereocenters. The number of unbranched alkanes of at least 4 members (excludes halogenated alkanes) is 1. The van der Waals surface area contributed by atoms with Gasteiger partial charge in [0, 0.05) is 22.7 Å². The predicted octanol–water partition coefficient (Wildman–Crippen LogP) is 5.71. The summed E-state index contributed by atoms with van der Waals surface area (Å²) in [6.07, 6.45) is 3.18. The number of nitriles is 1. The molecule has 2 aromatic carbocycles. The Kier molecular flexibility index (Phi) is 8.50. The van der Waals surface area contributed by atoms with Crippen LogP contribution in [0.4, 0.5) is 0 Å². The van der Waals surface area contributed by atoms with Crippen molar-refractivity contribution in [3.63, 3.8) is 0 Å². The van der Waals surface area contributed by atoms with Gasteiger partial charge in [0.05, 0.1) is 6.61 Å². The van der Waals surface area contributed by atoms with E-state index >= 15 is 0 Å². The number of carbonyl (C=O) groups is 2. The summed E-state index contributed by atoms with van der Waals surface area (Å²) >= 11 is 6.22. The molecule has 2 amide bonds. The number of amides is 2. The molecule has 1 heterocycles. The van der Waals surface area contributed by atoms with Gasteiger partial charge in [0.25, 0.3) is 11.8 Å². The van der Waals surface area contributed by atoms with E-state index in [0.29, 0.717) is 46.3 Å². The molecule has 6 nitrogen and oxygen atoms in total. The molecule has 0 bridgehead atoms. The average molecular weight is 479 g/mol. The van der Waals surface area contributed by atoms with Crippen molar-refractivity contribution in [3.05, 3.63) is 75.3 Å². The third-order valence-corrected chi connectivity index (χ3v) is 5.85. The van der Waals surface area contributed by atoms with Crippen LogP contribution in [-0.4, -0.2) is 29.9 Å². The number of carbonyl (C=O) groups excluding carboxylic acids is 2. The van der Waals surface area contributed by atoms with Crippen LogP contribution in [0.3, 0.4) is 0 Å². The summed E-state index contributed by atoms with van der Waals surface area (Å²) < 4.78 is 11.7. The van der Waals surface area contributed by atoms with Gasteiger partial charge in [-0.2, -0.15) is 5.26 Å². The highest BCUT2D eigenvalue weighted by Gasteiger charge is 2.34. The molecule has 176 valence electrons. The summed E-state index contributed by atoms with van der Waals surface area (Å²) in [7, 11) is 0. The van der Waals surface area contributed by atoms with Crippen molar-refractivity contribution in [2.75, 3.05) is 13.2 Å². The van der Waals surface area contributed by atoms with Crippen LogP contribution in [0, 0.1) is 11.3 Å². The van der Waals surface area contributed by atoms with Crippen LogP contribution in [0.5, 0.6) is 11.5 Å². The van der Waals surface area contributed by atoms with Crippen LogP contribution >= 0.6 is 11.6 Å². The Hall–Kier alpha value is -3.56. The highest BCUT2D eigenvalue weighted by molar-refractivity contribution is 6.31. The summed E-state index contributed by atoms with van der Waals surface area (Å²) in [6.45, 7) is 6.47. The van der Waals surface area contributed by atoms with E-state index in [-0.39, 0.29) is 18.7 Å². The summed E-state index contributed by atoms with van der Waals surface area (Å²) in [5.74, 6) is 0.137. The third-order valence-electron chi connectivity index (χ3n) is 5.48. The van der Waals surface area contributed by atoms with Gasteiger partial charge in [0.2, 0.25) is 0 Å². The quantitative estimate of drug-likeness (QED) is 0.340. The fraction of sp³-hybridized carbons (Fsp3) is 0.296. The first-order valence-electron chi connectivity index (χ1n) is 11.2. The van der Waals surface area contributed by atoms with Crippen molar-refractivity contribution in [2.24, 2.45) is 0 Å². The fourth-order valence-electron chi connectivity index (χ4n) is 3.59. The molecule has 1 aliphatic heterocycles. The van der Waals surface area contributed by atoms with E-state index in [1.54, 1.807) is 37.3 Å². The standard InChI is InChI=1S/C27H27ClN2O4/c1-4-6-13-30-26(31)21(18(3)22(16-29)27(30)32)14-19-11-12-24(25(15-19)33-5-2)34-17-20-9-7-8-10-23(20)28/h7-12,14-15H,4-6,13,17H2,1-3H3/b21-14+. The van der Waals surface area contributed by atoms with Crippen LogP contribution < -0.4 is 9.47 Å². The van der Waals surface area contributed by atoms with E-state index < -0.39 is 11.8 Å². The zero-order chi connectivity index (χ0) is 24.7. The number of nitrogens with zero attached hydrogens (tertiary/aromatic N) is 2. The molecule has 0 unspecified atom stereocenters. The van der Waals surface area contributed by atoms with E-state index in [0.717, 1.165) is 16.9 Å². The first-order valence-corrected chi connectivity index (χ1v) is 11.6. The lowest BCUT2D eigenvalue weighted by molar-refractivity contribution is -0.140. The third kappa shape index (κ3) is 5.49. The molecular formula is C27H27ClN2O4. The van der Waals surface area contributed by atoms with Gasteiger partial charge >= 0.3 is 0 Å². The molecule has 3 rings (SSSR count). The number of hydrogen-bond donors (Lipinski definition) is 0. The second-order valence-corrected chi connectivity index (χ2v) is 8.21. The van der Waals surface area contributed by atoms with E-state index in [1.807, 2.05) is 38.1 Å². The van der Waals surface area contributed by atoms with E-state index in [1.165, 1.54) is 0 Å². The Bertz CT molecular complexity index is 1190. The maximum atomic E-state index is 13.1. The molecule has 0 saturated carbocycles. The number of imide groups is 1. The minimum absolute atomic E-state index is 0.00771. The fourth-order valence-corrected chi connectivity index (χ4v) is 3.78. The summed E-state index contributed by atoms with van der Waals surface area (Å²) in [4.78, 5) is 26.9. The second-order valence-electron chi connectivity index (χ2n) is 7.80. The molecule has 7 heteroatoms. The molecule has 0 N–H and O–H groups in total. The summed E-state index contributed by atoms with van der Waals surface area (Å²) in [5, 5.41) is 10.1. The Morgan fingerprint density at radius 3 is 2.50 bits per heavy atom. The predicted molar refractivity (Wildman–Crippen MR) is 131 cm³/mol. The number of rotatable bonds is 9. The lowest BCUT2D eigenvalue weighted by Crippen LogP contribution is -2.43. The van der Waals surface area contributed by atoms with Crippen molar-refractivity contribution >= 4 is 29.5 Å². The van der Waals surface area contributed by atoms with E-state index in [2.05, 4.69) is 0 Å². The van der Waals surface area contributed by atoms with Gasteiger partial charge in [-0.25, -0.2) is 0 Å². The lowest BCUT2D eigenvalue weighted by atomic mass is 9.93. The van der Waals surface area contributed by atoms with Crippen LogP contribution in [0.2, 0.25) is 5.02 Å². The molecule has 0 radical (unpaired) electrons. The SMILES string of the molecule is CCCCN1C(=O)C(C#N)=C(C)/C(=C\c2ccc(OCc3ccccc3Cl)c(OCC)c2)C1=O. The number of ether oxygens (including phenoxy) is 2. The monoisotopic (exact) mass is 478 g/mol. The van der Waals surface area contributed by atoms with E-state index in [4.69, 9.17) is 21.1 Å². The topological polar surface area (TPSA) is 79.6 Å². The van der Waals surface area contributed by atoms with Gasteiger partial charge in [-0.15, -0.1) is 0 Å². The van der Waals surface area contributed by atoms with Gasteiger partial charge in [0.1, 0.15) is 18.2 Å². The molecule has 0 spiro atoms. The Balaban J connectivity index is 1.94. The Morgan fingerprint density at radius 1 is 1.06 bits per heavy atom. The van der Waals surface area contributed by atoms with Crippen LogP contribution in [0.15, 0.2) is 59.2 Å². The average Bonchev–Trinajstić information content (AvgIpc) is 2.83. The van der Waals surface area contributed by atoms with Crippen LogP contribution in [0.25, 0.3) is 6.08 Å². The first-order chi connectivity index (χ1) is 16.4. The smallest absolute Gasteiger partial charge is 0.271 e. The highest BCUT2D eigenvalue weighted by atomic mass is 35.5. The number of halogens is 1. The maximum absolute atomic E-state index is 13.1. The molecule has 34 heavy (non-hydrogen) atoms. The van der Waals surface area contributed by atoms with Crippen LogP contribution in [-0.2, 0) is 16.2 Å². The van der Waals surface area contributed by atoms with Gasteiger partial charge in [-0.3, -0.25) is 14.5 Å². The molecule has 2 aromatic rings. The zero-order valence-corrected chi connectivity index (χ0v) is 20.3. The van der Waals surface area contributed by atoms with Gasteiger partial charge in [-0.1, -0.05) is 49.2 Å². The largest absolute Gasteiger partial charge is 0.490 e. The molecule has 0 fully saturated rings. The molecule has 0 aromatic heterocycles. The minimum atomic E-state index is -0.533. The second kappa shape index (κ2) is 11.5. The lowest BCUT2D eigenvalue weighted by Gasteiger charge is -2.27. The first kappa shape index (κ1) is 25.1. The van der Waals surface area contributed by atoms with Crippen molar-refractivity contribution in [1.29, 1.82) is 5.26 Å². The molecular weight excluding hydrogens is 452 g/mol. The van der Waals surface area contributed by atoms with Crippen molar-refractivity contribution in [2.45, 2.75) is 40.2 Å². The maximum Gasteiger partial charge on any atom is 0.271 e. The normalized spacial score (nSPS) is 15.0. The van der Waals surface area contributed by atoms with Gasteiger partial charge in [-0.05, 0) is 55.7 Å². The number of benzene rings is 2. The van der Waals surface area contributed by atoms with Crippen molar-refractivity contribution < 1.29 is 19.1 Å². The molecule has 0 saturated heterocycles. The highest BCUT2D eigenvalue weighted by Crippen LogP contribution is 2.33. The van der Waals surface area contributed by atoms with Gasteiger partial charge < -0.3 is 9.47 Å². The summed E-state index contributed by atoms with van der Waals surface area (Å²) in [6, 6.07) is 14.8. The Labute approximate surface area is 205 Å². The van der Waals surface area contributed by atoms with Crippen molar-refractivity contribution in [1.82, 2.24) is 4.90 Å².